The predicted octanol–water partition coefficient (Wildman–Crippen LogP) is 2.92. The molecular formula is C19H34N2O2. The highest BCUT2D eigenvalue weighted by Crippen LogP contribution is 2.28. The lowest BCUT2D eigenvalue weighted by atomic mass is 9.95. The molecule has 23 heavy (non-hydrogen) atoms. The van der Waals surface area contributed by atoms with Gasteiger partial charge in [0.05, 0.1) is 6.10 Å². The Hall–Kier alpha value is -0.610. The molecule has 132 valence electrons. The number of hydrogen-bond acceptors (Lipinski definition) is 3. The second-order valence-corrected chi connectivity index (χ2v) is 7.94. The van der Waals surface area contributed by atoms with Crippen LogP contribution in [0.25, 0.3) is 0 Å². The van der Waals surface area contributed by atoms with E-state index in [4.69, 9.17) is 4.74 Å². The van der Waals surface area contributed by atoms with Gasteiger partial charge in [0.1, 0.15) is 0 Å². The maximum Gasteiger partial charge on any atom is 0.222 e. The van der Waals surface area contributed by atoms with Gasteiger partial charge in [-0.1, -0.05) is 25.7 Å². The molecule has 1 aliphatic carbocycles. The van der Waals surface area contributed by atoms with E-state index in [9.17, 15) is 4.79 Å². The molecule has 2 heterocycles. The summed E-state index contributed by atoms with van der Waals surface area (Å²) < 4.78 is 5.64. The fraction of sp³-hybridized carbons (Fsp3) is 0.947. The van der Waals surface area contributed by atoms with E-state index in [1.54, 1.807) is 0 Å². The third kappa shape index (κ3) is 5.18. The van der Waals surface area contributed by atoms with Crippen molar-refractivity contribution in [1.29, 1.82) is 0 Å². The molecule has 4 heteroatoms. The third-order valence-corrected chi connectivity index (χ3v) is 6.08. The van der Waals surface area contributed by atoms with E-state index in [1.165, 1.54) is 45.1 Å². The van der Waals surface area contributed by atoms with Crippen LogP contribution < -0.4 is 0 Å². The van der Waals surface area contributed by atoms with E-state index in [0.717, 1.165) is 57.5 Å². The van der Waals surface area contributed by atoms with Gasteiger partial charge in [0.2, 0.25) is 5.91 Å². The molecule has 0 aromatic rings. The Bertz CT molecular complexity index is 374. The number of piperazine rings is 1. The highest BCUT2D eigenvalue weighted by atomic mass is 16.5. The largest absolute Gasteiger partial charge is 0.378 e. The Balaban J connectivity index is 1.33. The monoisotopic (exact) mass is 322 g/mol. The van der Waals surface area contributed by atoms with Gasteiger partial charge in [0, 0.05) is 45.8 Å². The lowest BCUT2D eigenvalue weighted by molar-refractivity contribution is -0.133. The average molecular weight is 322 g/mol. The van der Waals surface area contributed by atoms with E-state index in [0.29, 0.717) is 12.0 Å². The number of carbonyl (C=O) groups excluding carboxylic acids is 1. The third-order valence-electron chi connectivity index (χ3n) is 6.08. The van der Waals surface area contributed by atoms with Gasteiger partial charge in [-0.25, -0.2) is 0 Å². The minimum Gasteiger partial charge on any atom is -0.378 e. The number of hydrogen-bond donors (Lipinski definition) is 0. The van der Waals surface area contributed by atoms with Crippen LogP contribution in [0.4, 0.5) is 0 Å². The maximum atomic E-state index is 12.4. The summed E-state index contributed by atoms with van der Waals surface area (Å²) in [7, 11) is 0. The molecule has 4 nitrogen and oxygen atoms in total. The highest BCUT2D eigenvalue weighted by Gasteiger charge is 2.26. The Morgan fingerprint density at radius 2 is 1.78 bits per heavy atom. The van der Waals surface area contributed by atoms with Gasteiger partial charge in [-0.3, -0.25) is 9.69 Å². The molecule has 0 aromatic carbocycles. The van der Waals surface area contributed by atoms with Crippen LogP contribution in [0.2, 0.25) is 0 Å². The Morgan fingerprint density at radius 3 is 2.48 bits per heavy atom. The lowest BCUT2D eigenvalue weighted by Crippen LogP contribution is -2.50. The summed E-state index contributed by atoms with van der Waals surface area (Å²) in [5, 5.41) is 0. The van der Waals surface area contributed by atoms with Crippen LogP contribution >= 0.6 is 0 Å². The fourth-order valence-electron chi connectivity index (χ4n) is 4.59. The molecular weight excluding hydrogens is 288 g/mol. The summed E-state index contributed by atoms with van der Waals surface area (Å²) >= 11 is 0. The summed E-state index contributed by atoms with van der Waals surface area (Å²) in [6.07, 6.45) is 10.2. The summed E-state index contributed by atoms with van der Waals surface area (Å²) in [4.78, 5) is 17.1. The van der Waals surface area contributed by atoms with Crippen molar-refractivity contribution in [2.75, 3.05) is 39.3 Å². The summed E-state index contributed by atoms with van der Waals surface area (Å²) in [5.41, 5.74) is 0. The molecule has 1 amide bonds. The molecule has 0 spiro atoms. The quantitative estimate of drug-likeness (QED) is 0.780. The maximum absolute atomic E-state index is 12.4. The van der Waals surface area contributed by atoms with Gasteiger partial charge in [-0.15, -0.1) is 0 Å². The minimum absolute atomic E-state index is 0.399. The molecule has 3 aliphatic rings. The van der Waals surface area contributed by atoms with Crippen LogP contribution in [0.3, 0.4) is 0 Å². The number of amides is 1. The molecule has 2 saturated heterocycles. The van der Waals surface area contributed by atoms with Crippen molar-refractivity contribution < 1.29 is 9.53 Å². The molecule has 1 saturated carbocycles. The van der Waals surface area contributed by atoms with E-state index >= 15 is 0 Å². The van der Waals surface area contributed by atoms with E-state index < -0.39 is 0 Å². The van der Waals surface area contributed by atoms with Crippen molar-refractivity contribution in [3.8, 4) is 0 Å². The average Bonchev–Trinajstić information content (AvgIpc) is 3.07. The zero-order chi connectivity index (χ0) is 16.1. The van der Waals surface area contributed by atoms with Crippen LogP contribution in [0, 0.1) is 11.8 Å². The van der Waals surface area contributed by atoms with Gasteiger partial charge < -0.3 is 9.64 Å². The summed E-state index contributed by atoms with van der Waals surface area (Å²) in [6, 6.07) is 0. The molecule has 0 N–H and O–H groups in total. The predicted molar refractivity (Wildman–Crippen MR) is 92.4 cm³/mol. The Labute approximate surface area is 141 Å². The van der Waals surface area contributed by atoms with Crippen LogP contribution in [0.5, 0.6) is 0 Å². The number of ether oxygens (including phenoxy) is 1. The minimum atomic E-state index is 0.399. The van der Waals surface area contributed by atoms with Crippen molar-refractivity contribution in [3.63, 3.8) is 0 Å². The van der Waals surface area contributed by atoms with Gasteiger partial charge >= 0.3 is 0 Å². The first kappa shape index (κ1) is 17.2. The second kappa shape index (κ2) is 8.48. The first-order chi connectivity index (χ1) is 11.2. The van der Waals surface area contributed by atoms with Crippen LogP contribution in [-0.2, 0) is 9.53 Å². The van der Waals surface area contributed by atoms with Crippen molar-refractivity contribution in [1.82, 2.24) is 9.80 Å². The van der Waals surface area contributed by atoms with Gasteiger partial charge in [0.15, 0.2) is 0 Å². The summed E-state index contributed by atoms with van der Waals surface area (Å²) in [5.74, 6) is 2.01. The Morgan fingerprint density at radius 1 is 1.04 bits per heavy atom. The van der Waals surface area contributed by atoms with Crippen LogP contribution in [-0.4, -0.2) is 61.1 Å². The number of nitrogens with zero attached hydrogens (tertiary/aromatic N) is 2. The molecule has 3 fully saturated rings. The molecule has 0 radical (unpaired) electrons. The molecule has 0 unspecified atom stereocenters. The van der Waals surface area contributed by atoms with Gasteiger partial charge in [0.25, 0.3) is 0 Å². The molecule has 2 aliphatic heterocycles. The summed E-state index contributed by atoms with van der Waals surface area (Å²) in [6.45, 7) is 8.28. The van der Waals surface area contributed by atoms with E-state index in [-0.39, 0.29) is 0 Å². The van der Waals surface area contributed by atoms with E-state index in [1.807, 2.05) is 0 Å². The normalized spacial score (nSPS) is 30.7. The van der Waals surface area contributed by atoms with Gasteiger partial charge in [-0.05, 0) is 38.0 Å². The number of carbonyl (C=O) groups is 1. The fourth-order valence-corrected chi connectivity index (χ4v) is 4.59. The lowest BCUT2D eigenvalue weighted by Gasteiger charge is -2.38. The molecule has 0 aromatic heterocycles. The van der Waals surface area contributed by atoms with Gasteiger partial charge in [-0.2, -0.15) is 0 Å². The van der Waals surface area contributed by atoms with Crippen molar-refractivity contribution in [3.05, 3.63) is 0 Å². The molecule has 0 bridgehead atoms. The number of rotatable bonds is 5. The standard InChI is InChI=1S/C19H34N2O2/c1-16-14-18(8-13-23-16)15-20-9-11-21(12-10-20)19(22)7-6-17-4-2-3-5-17/h16-18H,2-15H2,1H3/t16-,18+/m0/s1. The Kier molecular flexibility index (Phi) is 6.35. The van der Waals surface area contributed by atoms with Crippen molar-refractivity contribution in [2.45, 2.75) is 64.4 Å². The highest BCUT2D eigenvalue weighted by molar-refractivity contribution is 5.76. The molecule has 2 atom stereocenters. The zero-order valence-electron chi connectivity index (χ0n) is 14.8. The first-order valence-corrected chi connectivity index (χ1v) is 9.82. The topological polar surface area (TPSA) is 32.8 Å². The van der Waals surface area contributed by atoms with Crippen molar-refractivity contribution >= 4 is 5.91 Å². The van der Waals surface area contributed by atoms with Crippen molar-refractivity contribution in [2.24, 2.45) is 11.8 Å². The second-order valence-electron chi connectivity index (χ2n) is 7.94. The SMILES string of the molecule is C[C@H]1C[C@H](CN2CCN(C(=O)CCC3CCCC3)CC2)CCO1. The van der Waals surface area contributed by atoms with Crippen LogP contribution in [0.15, 0.2) is 0 Å². The smallest absolute Gasteiger partial charge is 0.222 e. The first-order valence-electron chi connectivity index (χ1n) is 9.82. The van der Waals surface area contributed by atoms with E-state index in [2.05, 4.69) is 16.7 Å². The zero-order valence-corrected chi connectivity index (χ0v) is 14.8. The van der Waals surface area contributed by atoms with Crippen LogP contribution in [0.1, 0.15) is 58.3 Å². The molecule has 3 rings (SSSR count).